The Bertz CT molecular complexity index is 747. The Morgan fingerprint density at radius 1 is 1.38 bits per heavy atom. The SMILES string of the molecule is Cc1ccc2oc([C@H]3CCN(Cc4cccs4)C3)nc2c1. The third-order valence-corrected chi connectivity index (χ3v) is 5.00. The van der Waals surface area contributed by atoms with Gasteiger partial charge in [-0.2, -0.15) is 0 Å². The van der Waals surface area contributed by atoms with Crippen LogP contribution in [0.2, 0.25) is 0 Å². The summed E-state index contributed by atoms with van der Waals surface area (Å²) in [6, 6.07) is 10.5. The van der Waals surface area contributed by atoms with Gasteiger partial charge in [-0.15, -0.1) is 11.3 Å². The molecule has 3 aromatic rings. The molecule has 1 aliphatic heterocycles. The van der Waals surface area contributed by atoms with Crippen LogP contribution < -0.4 is 0 Å². The number of benzene rings is 1. The number of hydrogen-bond donors (Lipinski definition) is 0. The number of rotatable bonds is 3. The molecule has 0 spiro atoms. The molecule has 3 nitrogen and oxygen atoms in total. The maximum Gasteiger partial charge on any atom is 0.199 e. The lowest BCUT2D eigenvalue weighted by atomic mass is 10.1. The number of aryl methyl sites for hydroxylation is 1. The van der Waals surface area contributed by atoms with E-state index in [1.807, 2.05) is 17.4 Å². The largest absolute Gasteiger partial charge is 0.440 e. The molecular weight excluding hydrogens is 280 g/mol. The molecule has 0 saturated carbocycles. The number of thiophene rings is 1. The van der Waals surface area contributed by atoms with E-state index < -0.39 is 0 Å². The second-order valence-electron chi connectivity index (χ2n) is 5.82. The predicted octanol–water partition coefficient (Wildman–Crippen LogP) is 4.19. The lowest BCUT2D eigenvalue weighted by Gasteiger charge is -2.13. The van der Waals surface area contributed by atoms with Crippen LogP contribution in [-0.2, 0) is 6.54 Å². The number of oxazole rings is 1. The van der Waals surface area contributed by atoms with Crippen molar-refractivity contribution in [3.8, 4) is 0 Å². The molecule has 1 aliphatic rings. The Kier molecular flexibility index (Phi) is 3.28. The smallest absolute Gasteiger partial charge is 0.199 e. The average Bonchev–Trinajstić information content (AvgIpc) is 3.18. The van der Waals surface area contributed by atoms with Gasteiger partial charge in [0.15, 0.2) is 11.5 Å². The zero-order chi connectivity index (χ0) is 14.2. The first kappa shape index (κ1) is 13.0. The van der Waals surface area contributed by atoms with E-state index in [1.54, 1.807) is 0 Å². The van der Waals surface area contributed by atoms with Crippen LogP contribution in [0.4, 0.5) is 0 Å². The third kappa shape index (κ3) is 2.61. The van der Waals surface area contributed by atoms with Crippen LogP contribution in [-0.4, -0.2) is 23.0 Å². The van der Waals surface area contributed by atoms with Crippen molar-refractivity contribution < 1.29 is 4.42 Å². The van der Waals surface area contributed by atoms with Gasteiger partial charge >= 0.3 is 0 Å². The van der Waals surface area contributed by atoms with Gasteiger partial charge in [0.05, 0.1) is 0 Å². The molecule has 0 radical (unpaired) electrons. The van der Waals surface area contributed by atoms with E-state index in [0.29, 0.717) is 5.92 Å². The highest BCUT2D eigenvalue weighted by Crippen LogP contribution is 2.30. The minimum Gasteiger partial charge on any atom is -0.440 e. The summed E-state index contributed by atoms with van der Waals surface area (Å²) in [6.45, 7) is 5.31. The topological polar surface area (TPSA) is 29.3 Å². The number of hydrogen-bond acceptors (Lipinski definition) is 4. The first-order valence-corrected chi connectivity index (χ1v) is 8.28. The van der Waals surface area contributed by atoms with E-state index >= 15 is 0 Å². The zero-order valence-corrected chi connectivity index (χ0v) is 12.9. The van der Waals surface area contributed by atoms with Crippen LogP contribution in [0.1, 0.15) is 28.7 Å². The van der Waals surface area contributed by atoms with E-state index in [0.717, 1.165) is 43.0 Å². The van der Waals surface area contributed by atoms with Crippen molar-refractivity contribution in [2.24, 2.45) is 0 Å². The molecular formula is C17H18N2OS. The predicted molar refractivity (Wildman–Crippen MR) is 85.7 cm³/mol. The quantitative estimate of drug-likeness (QED) is 0.726. The van der Waals surface area contributed by atoms with Gasteiger partial charge in [-0.3, -0.25) is 4.90 Å². The summed E-state index contributed by atoms with van der Waals surface area (Å²) in [5, 5.41) is 2.14. The first-order chi connectivity index (χ1) is 10.3. The molecule has 0 aliphatic carbocycles. The Morgan fingerprint density at radius 2 is 2.33 bits per heavy atom. The van der Waals surface area contributed by atoms with Gasteiger partial charge in [-0.1, -0.05) is 12.1 Å². The highest BCUT2D eigenvalue weighted by Gasteiger charge is 2.27. The number of aromatic nitrogens is 1. The Hall–Kier alpha value is -1.65. The van der Waals surface area contributed by atoms with E-state index in [2.05, 4.69) is 41.5 Å². The summed E-state index contributed by atoms with van der Waals surface area (Å²) in [5.41, 5.74) is 3.13. The summed E-state index contributed by atoms with van der Waals surface area (Å²) in [6.07, 6.45) is 1.14. The lowest BCUT2D eigenvalue weighted by molar-refractivity contribution is 0.323. The van der Waals surface area contributed by atoms with Gasteiger partial charge in [0.1, 0.15) is 5.52 Å². The van der Waals surface area contributed by atoms with E-state index in [-0.39, 0.29) is 0 Å². The summed E-state index contributed by atoms with van der Waals surface area (Å²) >= 11 is 1.83. The second kappa shape index (κ2) is 5.28. The van der Waals surface area contributed by atoms with Gasteiger partial charge in [-0.25, -0.2) is 4.98 Å². The molecule has 108 valence electrons. The van der Waals surface area contributed by atoms with E-state index in [1.165, 1.54) is 10.4 Å². The van der Waals surface area contributed by atoms with E-state index in [9.17, 15) is 0 Å². The molecule has 0 unspecified atom stereocenters. The maximum absolute atomic E-state index is 5.96. The molecule has 4 heteroatoms. The van der Waals surface area contributed by atoms with Crippen molar-refractivity contribution in [1.82, 2.24) is 9.88 Å². The standard InChI is InChI=1S/C17H18N2OS/c1-12-4-5-16-15(9-12)18-17(20-16)13-6-7-19(10-13)11-14-3-2-8-21-14/h2-5,8-9,13H,6-7,10-11H2,1H3/t13-/m0/s1. The number of fused-ring (bicyclic) bond motifs is 1. The van der Waals surface area contributed by atoms with Crippen LogP contribution in [0.15, 0.2) is 40.1 Å². The molecule has 1 atom stereocenters. The molecule has 0 N–H and O–H groups in total. The van der Waals surface area contributed by atoms with Crippen LogP contribution in [0, 0.1) is 6.92 Å². The Balaban J connectivity index is 1.51. The molecule has 1 aromatic carbocycles. The molecule has 2 aromatic heterocycles. The van der Waals surface area contributed by atoms with Crippen molar-refractivity contribution in [3.63, 3.8) is 0 Å². The monoisotopic (exact) mass is 298 g/mol. The van der Waals surface area contributed by atoms with Crippen LogP contribution in [0.3, 0.4) is 0 Å². The Labute approximate surface area is 128 Å². The fraction of sp³-hybridized carbons (Fsp3) is 0.353. The van der Waals surface area contributed by atoms with Gasteiger partial charge < -0.3 is 4.42 Å². The zero-order valence-electron chi connectivity index (χ0n) is 12.1. The minimum atomic E-state index is 0.428. The van der Waals surface area contributed by atoms with Crippen molar-refractivity contribution >= 4 is 22.4 Å². The van der Waals surface area contributed by atoms with Crippen molar-refractivity contribution in [2.75, 3.05) is 13.1 Å². The second-order valence-corrected chi connectivity index (χ2v) is 6.86. The van der Waals surface area contributed by atoms with Gasteiger partial charge in [-0.05, 0) is 49.0 Å². The summed E-state index contributed by atoms with van der Waals surface area (Å²) in [7, 11) is 0. The molecule has 0 bridgehead atoms. The van der Waals surface area contributed by atoms with Crippen LogP contribution in [0.25, 0.3) is 11.1 Å². The molecule has 1 fully saturated rings. The molecule has 0 amide bonds. The first-order valence-electron chi connectivity index (χ1n) is 7.40. The Morgan fingerprint density at radius 3 is 3.19 bits per heavy atom. The van der Waals surface area contributed by atoms with Crippen molar-refractivity contribution in [3.05, 3.63) is 52.0 Å². The summed E-state index contributed by atoms with van der Waals surface area (Å²) < 4.78 is 5.96. The molecule has 21 heavy (non-hydrogen) atoms. The minimum absolute atomic E-state index is 0.428. The van der Waals surface area contributed by atoms with Crippen LogP contribution in [0.5, 0.6) is 0 Å². The van der Waals surface area contributed by atoms with Gasteiger partial charge in [0, 0.05) is 23.9 Å². The average molecular weight is 298 g/mol. The molecule has 3 heterocycles. The highest BCUT2D eigenvalue weighted by molar-refractivity contribution is 7.09. The fourth-order valence-electron chi connectivity index (χ4n) is 3.03. The van der Waals surface area contributed by atoms with E-state index in [4.69, 9.17) is 9.40 Å². The highest BCUT2D eigenvalue weighted by atomic mass is 32.1. The lowest BCUT2D eigenvalue weighted by Crippen LogP contribution is -2.19. The molecule has 1 saturated heterocycles. The number of nitrogens with zero attached hydrogens (tertiary/aromatic N) is 2. The molecule has 4 rings (SSSR count). The third-order valence-electron chi connectivity index (χ3n) is 4.14. The van der Waals surface area contributed by atoms with Crippen LogP contribution >= 0.6 is 11.3 Å². The summed E-state index contributed by atoms with van der Waals surface area (Å²) in [4.78, 5) is 8.63. The van der Waals surface area contributed by atoms with Gasteiger partial charge in [0.25, 0.3) is 0 Å². The normalized spacial score (nSPS) is 19.6. The van der Waals surface area contributed by atoms with Crippen molar-refractivity contribution in [2.45, 2.75) is 25.8 Å². The van der Waals surface area contributed by atoms with Gasteiger partial charge in [0.2, 0.25) is 0 Å². The fourth-order valence-corrected chi connectivity index (χ4v) is 3.78. The maximum atomic E-state index is 5.96. The van der Waals surface area contributed by atoms with Crippen molar-refractivity contribution in [1.29, 1.82) is 0 Å². The summed E-state index contributed by atoms with van der Waals surface area (Å²) in [5.74, 6) is 1.34. The number of likely N-dealkylation sites (tertiary alicyclic amines) is 1.